The maximum atomic E-state index is 11.9. The molecule has 1 aliphatic carbocycles. The molecule has 0 amide bonds. The summed E-state index contributed by atoms with van der Waals surface area (Å²) < 4.78 is 7.87. The van der Waals surface area contributed by atoms with Gasteiger partial charge < -0.3 is 20.1 Å². The molecule has 2 heterocycles. The van der Waals surface area contributed by atoms with E-state index in [9.17, 15) is 9.90 Å². The Hall–Kier alpha value is -3.51. The number of nitrogens with two attached hydrogens (primary N) is 1. The summed E-state index contributed by atoms with van der Waals surface area (Å²) in [5, 5.41) is 10.8. The van der Waals surface area contributed by atoms with E-state index in [0.717, 1.165) is 47.0 Å². The Kier molecular flexibility index (Phi) is 7.69. The van der Waals surface area contributed by atoms with Gasteiger partial charge in [-0.2, -0.15) is 0 Å². The second-order valence-corrected chi connectivity index (χ2v) is 12.6. The molecule has 6 rings (SSSR count). The molecule has 3 N–H and O–H groups in total. The van der Waals surface area contributed by atoms with Crippen molar-refractivity contribution in [2.45, 2.75) is 64.4 Å². The Bertz CT molecular complexity index is 1580. The summed E-state index contributed by atoms with van der Waals surface area (Å²) in [5.74, 6) is 2.80. The highest BCUT2D eigenvalue weighted by molar-refractivity contribution is 6.08. The minimum atomic E-state index is -0.887. The van der Waals surface area contributed by atoms with E-state index in [-0.39, 0.29) is 6.04 Å². The lowest BCUT2D eigenvalue weighted by Crippen LogP contribution is -2.31. The number of aromatic carboxylic acids is 1. The molecule has 0 radical (unpaired) electrons. The smallest absolute Gasteiger partial charge is 0.337 e. The van der Waals surface area contributed by atoms with Crippen molar-refractivity contribution in [1.82, 2.24) is 4.57 Å². The highest BCUT2D eigenvalue weighted by Gasteiger charge is 2.37. The average Bonchev–Trinajstić information content (AvgIpc) is 3.53. The molecule has 41 heavy (non-hydrogen) atoms. The maximum absolute atomic E-state index is 11.9. The van der Waals surface area contributed by atoms with Gasteiger partial charge in [0.05, 0.1) is 17.1 Å². The van der Waals surface area contributed by atoms with E-state index in [0.29, 0.717) is 24.0 Å². The van der Waals surface area contributed by atoms with E-state index in [2.05, 4.69) is 62.7 Å². The van der Waals surface area contributed by atoms with E-state index in [1.807, 2.05) is 24.4 Å². The Morgan fingerprint density at radius 3 is 2.68 bits per heavy atom. The van der Waals surface area contributed by atoms with E-state index in [4.69, 9.17) is 10.5 Å². The van der Waals surface area contributed by atoms with Crippen LogP contribution < -0.4 is 10.5 Å². The molecule has 0 bridgehead atoms. The second-order valence-electron chi connectivity index (χ2n) is 12.6. The lowest BCUT2D eigenvalue weighted by atomic mass is 9.60. The minimum Gasteiger partial charge on any atom is -0.491 e. The molecule has 3 aromatic carbocycles. The maximum Gasteiger partial charge on any atom is 0.337 e. The average molecular weight is 549 g/mol. The van der Waals surface area contributed by atoms with Crippen molar-refractivity contribution in [3.05, 3.63) is 89.1 Å². The molecular weight excluding hydrogens is 507 g/mol. The van der Waals surface area contributed by atoms with Crippen LogP contribution in [0.15, 0.2) is 66.9 Å². The van der Waals surface area contributed by atoms with Gasteiger partial charge in [-0.1, -0.05) is 56.6 Å². The zero-order valence-electron chi connectivity index (χ0n) is 24.5. The van der Waals surface area contributed by atoms with Crippen LogP contribution in [0.5, 0.6) is 5.75 Å². The fraction of sp³-hybridized carbons (Fsp3) is 0.400. The largest absolute Gasteiger partial charge is 0.491 e. The Labute approximate surface area is 244 Å². The van der Waals surface area contributed by atoms with E-state index in [1.54, 1.807) is 6.07 Å². The molecule has 0 spiro atoms. The summed E-state index contributed by atoms with van der Waals surface area (Å²) in [6.45, 7) is 5.94. The molecule has 1 saturated carbocycles. The second kappa shape index (κ2) is 11.4. The molecular formula is C35H41BN2O3. The summed E-state index contributed by atoms with van der Waals surface area (Å²) in [6, 6.07) is 21.0. The van der Waals surface area contributed by atoms with Crippen molar-refractivity contribution < 1.29 is 14.6 Å². The van der Waals surface area contributed by atoms with Crippen LogP contribution in [0.2, 0.25) is 6.32 Å². The van der Waals surface area contributed by atoms with Gasteiger partial charge in [0.2, 0.25) is 0 Å². The van der Waals surface area contributed by atoms with Crippen LogP contribution in [0, 0.1) is 17.8 Å². The number of hydrogen-bond donors (Lipinski definition) is 2. The molecule has 2 aliphatic rings. The van der Waals surface area contributed by atoms with Crippen LogP contribution in [-0.2, 0) is 13.0 Å². The van der Waals surface area contributed by atoms with Gasteiger partial charge in [0.25, 0.3) is 0 Å². The van der Waals surface area contributed by atoms with Gasteiger partial charge in [-0.3, -0.25) is 0 Å². The van der Waals surface area contributed by atoms with Gasteiger partial charge in [0.1, 0.15) is 20.2 Å². The SMILES string of the molecule is BCC(CC(C)C)C1CCC1c1cc(CCn2ccc3cccc(C(=O)O)c32)cc(-c2ccc3c(c2)[C@H](N)CO3)c1. The summed E-state index contributed by atoms with van der Waals surface area (Å²) in [6.07, 6.45) is 7.93. The quantitative estimate of drug-likeness (QED) is 0.213. The number of para-hydroxylation sites is 1. The van der Waals surface area contributed by atoms with Crippen LogP contribution in [0.4, 0.5) is 0 Å². The molecule has 6 heteroatoms. The summed E-state index contributed by atoms with van der Waals surface area (Å²) in [4.78, 5) is 11.9. The molecule has 1 fully saturated rings. The molecule has 4 aromatic rings. The van der Waals surface area contributed by atoms with Crippen LogP contribution in [0.3, 0.4) is 0 Å². The molecule has 4 atom stereocenters. The summed E-state index contributed by atoms with van der Waals surface area (Å²) in [7, 11) is 2.35. The van der Waals surface area contributed by atoms with E-state index >= 15 is 0 Å². The van der Waals surface area contributed by atoms with Crippen molar-refractivity contribution >= 4 is 24.7 Å². The number of benzene rings is 3. The van der Waals surface area contributed by atoms with Gasteiger partial charge in [0, 0.05) is 23.7 Å². The first-order chi connectivity index (χ1) is 19.8. The van der Waals surface area contributed by atoms with Gasteiger partial charge >= 0.3 is 5.97 Å². The highest BCUT2D eigenvalue weighted by Crippen LogP contribution is 2.50. The van der Waals surface area contributed by atoms with Crippen molar-refractivity contribution in [2.75, 3.05) is 6.61 Å². The van der Waals surface area contributed by atoms with Crippen molar-refractivity contribution in [3.63, 3.8) is 0 Å². The molecule has 1 aromatic heterocycles. The molecule has 212 valence electrons. The number of nitrogens with zero attached hydrogens (tertiary/aromatic N) is 1. The number of fused-ring (bicyclic) bond motifs is 2. The summed E-state index contributed by atoms with van der Waals surface area (Å²) in [5.41, 5.74) is 13.7. The third kappa shape index (κ3) is 5.42. The number of aromatic nitrogens is 1. The lowest BCUT2D eigenvalue weighted by Gasteiger charge is -2.43. The monoisotopic (exact) mass is 548 g/mol. The predicted octanol–water partition coefficient (Wildman–Crippen LogP) is 6.85. The van der Waals surface area contributed by atoms with Crippen LogP contribution in [0.1, 0.15) is 72.1 Å². The normalized spacial score (nSPS) is 20.5. The lowest BCUT2D eigenvalue weighted by molar-refractivity contribution is 0.0698. The first-order valence-corrected chi connectivity index (χ1v) is 15.3. The van der Waals surface area contributed by atoms with Crippen molar-refractivity contribution in [3.8, 4) is 16.9 Å². The standard InChI is InChI=1S/C35H41BN2O3/c1-21(2)14-27(19-36)29-8-7-28(29)26-16-22(10-12-38-13-11-23-4-3-5-30(34(23)38)35(39)40)15-25(17-26)24-6-9-33-31(18-24)32(37)20-41-33/h3-6,9,11,13,15-18,21,27-29,32H,7-8,10,12,14,19-20,36-37H2,1-2H3,(H,39,40)/t27?,28?,29?,32-/m1/s1. The third-order valence-electron chi connectivity index (χ3n) is 9.50. The molecule has 5 nitrogen and oxygen atoms in total. The zero-order chi connectivity index (χ0) is 28.7. The van der Waals surface area contributed by atoms with Crippen molar-refractivity contribution in [2.24, 2.45) is 23.5 Å². The van der Waals surface area contributed by atoms with Crippen LogP contribution >= 0.6 is 0 Å². The number of ether oxygens (including phenoxy) is 1. The number of carboxylic acids is 1. The zero-order valence-corrected chi connectivity index (χ0v) is 24.5. The Balaban J connectivity index is 1.35. The number of aryl methyl sites for hydroxylation is 2. The number of rotatable bonds is 10. The van der Waals surface area contributed by atoms with Gasteiger partial charge in [0.15, 0.2) is 0 Å². The summed E-state index contributed by atoms with van der Waals surface area (Å²) >= 11 is 0. The Morgan fingerprint density at radius 2 is 1.95 bits per heavy atom. The third-order valence-corrected chi connectivity index (χ3v) is 9.50. The fourth-order valence-corrected chi connectivity index (χ4v) is 7.29. The number of hydrogen-bond acceptors (Lipinski definition) is 3. The van der Waals surface area contributed by atoms with Crippen LogP contribution in [0.25, 0.3) is 22.0 Å². The first kappa shape index (κ1) is 27.7. The topological polar surface area (TPSA) is 77.5 Å². The Morgan fingerprint density at radius 1 is 1.10 bits per heavy atom. The number of carbonyl (C=O) groups is 1. The molecule has 1 aliphatic heterocycles. The van der Waals surface area contributed by atoms with Crippen molar-refractivity contribution in [1.29, 1.82) is 0 Å². The van der Waals surface area contributed by atoms with E-state index in [1.165, 1.54) is 47.8 Å². The fourth-order valence-electron chi connectivity index (χ4n) is 7.29. The van der Waals surface area contributed by atoms with Crippen LogP contribution in [-0.4, -0.2) is 30.1 Å². The molecule has 0 saturated heterocycles. The predicted molar refractivity (Wildman–Crippen MR) is 169 cm³/mol. The number of carboxylic acid groups (broad SMARTS) is 1. The van der Waals surface area contributed by atoms with Gasteiger partial charge in [-0.25, -0.2) is 4.79 Å². The first-order valence-electron chi connectivity index (χ1n) is 15.3. The van der Waals surface area contributed by atoms with Gasteiger partial charge in [-0.15, -0.1) is 0 Å². The minimum absolute atomic E-state index is 0.0876. The van der Waals surface area contributed by atoms with Gasteiger partial charge in [-0.05, 0) is 95.9 Å². The molecule has 3 unspecified atom stereocenters. The van der Waals surface area contributed by atoms with E-state index < -0.39 is 5.97 Å². The highest BCUT2D eigenvalue weighted by atomic mass is 16.5.